The molecule has 20 heavy (non-hydrogen) atoms. The lowest BCUT2D eigenvalue weighted by atomic mass is 10.1. The zero-order chi connectivity index (χ0) is 15.0. The van der Waals surface area contributed by atoms with Crippen LogP contribution in [0.3, 0.4) is 0 Å². The number of rotatable bonds is 8. The van der Waals surface area contributed by atoms with E-state index in [0.29, 0.717) is 6.61 Å². The van der Waals surface area contributed by atoms with Gasteiger partial charge in [0.05, 0.1) is 20.3 Å². The van der Waals surface area contributed by atoms with Crippen molar-refractivity contribution in [1.82, 2.24) is 10.6 Å². The highest BCUT2D eigenvalue weighted by atomic mass is 16.5. The van der Waals surface area contributed by atoms with Crippen LogP contribution in [0.15, 0.2) is 24.3 Å². The minimum atomic E-state index is -0.0377. The molecule has 0 heterocycles. The van der Waals surface area contributed by atoms with Gasteiger partial charge in [0.15, 0.2) is 0 Å². The molecule has 2 N–H and O–H groups in total. The maximum Gasteiger partial charge on any atom is 0.234 e. The molecule has 1 rings (SSSR count). The van der Waals surface area contributed by atoms with E-state index in [1.807, 2.05) is 38.1 Å². The highest BCUT2D eigenvalue weighted by Gasteiger charge is 2.10. The predicted octanol–water partition coefficient (Wildman–Crippen LogP) is 1.50. The summed E-state index contributed by atoms with van der Waals surface area (Å²) < 4.78 is 10.2. The van der Waals surface area contributed by atoms with Crippen molar-refractivity contribution in [3.63, 3.8) is 0 Å². The van der Waals surface area contributed by atoms with Crippen molar-refractivity contribution in [1.29, 1.82) is 0 Å². The second-order valence-electron chi connectivity index (χ2n) is 4.80. The lowest BCUT2D eigenvalue weighted by Gasteiger charge is -2.17. The first-order valence-electron chi connectivity index (χ1n) is 6.72. The topological polar surface area (TPSA) is 59.6 Å². The predicted molar refractivity (Wildman–Crippen MR) is 78.9 cm³/mol. The second-order valence-corrected chi connectivity index (χ2v) is 4.80. The van der Waals surface area contributed by atoms with Gasteiger partial charge in [-0.3, -0.25) is 4.79 Å². The second kappa shape index (κ2) is 8.55. The van der Waals surface area contributed by atoms with Gasteiger partial charge in [0.1, 0.15) is 5.75 Å². The summed E-state index contributed by atoms with van der Waals surface area (Å²) in [7, 11) is 3.26. The third-order valence-corrected chi connectivity index (χ3v) is 2.99. The highest BCUT2D eigenvalue weighted by Crippen LogP contribution is 2.18. The van der Waals surface area contributed by atoms with Crippen LogP contribution in [0.25, 0.3) is 0 Å². The van der Waals surface area contributed by atoms with Crippen LogP contribution >= 0.6 is 0 Å². The Labute approximate surface area is 120 Å². The Morgan fingerprint density at radius 3 is 2.70 bits per heavy atom. The van der Waals surface area contributed by atoms with E-state index in [1.54, 1.807) is 14.2 Å². The van der Waals surface area contributed by atoms with Gasteiger partial charge in [-0.2, -0.15) is 0 Å². The summed E-state index contributed by atoms with van der Waals surface area (Å²) in [6.07, 6.45) is 0. The van der Waals surface area contributed by atoms with Gasteiger partial charge >= 0.3 is 0 Å². The van der Waals surface area contributed by atoms with E-state index in [2.05, 4.69) is 10.6 Å². The SMILES string of the molecule is COCC(C)NC(=O)CN[C@@H](C)c1cccc(OC)c1. The molecule has 1 amide bonds. The Morgan fingerprint density at radius 2 is 2.05 bits per heavy atom. The molecule has 5 nitrogen and oxygen atoms in total. The maximum absolute atomic E-state index is 11.7. The summed E-state index contributed by atoms with van der Waals surface area (Å²) in [5.74, 6) is 0.776. The number of nitrogens with one attached hydrogen (secondary N) is 2. The molecule has 0 bridgehead atoms. The zero-order valence-corrected chi connectivity index (χ0v) is 12.6. The average molecular weight is 280 g/mol. The number of carbonyl (C=O) groups excluding carboxylic acids is 1. The van der Waals surface area contributed by atoms with Crippen molar-refractivity contribution >= 4 is 5.91 Å². The molecule has 0 spiro atoms. The van der Waals surface area contributed by atoms with Crippen LogP contribution in [-0.2, 0) is 9.53 Å². The average Bonchev–Trinajstić information content (AvgIpc) is 2.45. The molecule has 0 aliphatic heterocycles. The molecule has 0 aliphatic carbocycles. The first-order valence-corrected chi connectivity index (χ1v) is 6.72. The third kappa shape index (κ3) is 5.59. The van der Waals surface area contributed by atoms with Crippen molar-refractivity contribution in [3.05, 3.63) is 29.8 Å². The molecule has 2 atom stereocenters. The van der Waals surface area contributed by atoms with Crippen molar-refractivity contribution in [2.75, 3.05) is 27.4 Å². The van der Waals surface area contributed by atoms with Gasteiger partial charge in [0.25, 0.3) is 0 Å². The molecule has 1 unspecified atom stereocenters. The van der Waals surface area contributed by atoms with E-state index >= 15 is 0 Å². The Morgan fingerprint density at radius 1 is 1.30 bits per heavy atom. The normalized spacial score (nSPS) is 13.6. The number of carbonyl (C=O) groups is 1. The largest absolute Gasteiger partial charge is 0.497 e. The van der Waals surface area contributed by atoms with Gasteiger partial charge in [-0.1, -0.05) is 12.1 Å². The van der Waals surface area contributed by atoms with E-state index in [-0.39, 0.29) is 24.5 Å². The summed E-state index contributed by atoms with van der Waals surface area (Å²) in [6.45, 7) is 4.71. The molecule has 5 heteroatoms. The maximum atomic E-state index is 11.7. The minimum Gasteiger partial charge on any atom is -0.497 e. The molecule has 0 aromatic heterocycles. The monoisotopic (exact) mass is 280 g/mol. The van der Waals surface area contributed by atoms with Crippen molar-refractivity contribution in [2.45, 2.75) is 25.9 Å². The standard InChI is InChI=1S/C15H24N2O3/c1-11(10-19-3)17-15(18)9-16-12(2)13-6-5-7-14(8-13)20-4/h5-8,11-12,16H,9-10H2,1-4H3,(H,17,18)/t11?,12-/m0/s1. The van der Waals surface area contributed by atoms with Crippen molar-refractivity contribution < 1.29 is 14.3 Å². The van der Waals surface area contributed by atoms with Crippen LogP contribution in [-0.4, -0.2) is 39.3 Å². The Hall–Kier alpha value is -1.59. The van der Waals surface area contributed by atoms with E-state index in [1.165, 1.54) is 0 Å². The summed E-state index contributed by atoms with van der Waals surface area (Å²) in [6, 6.07) is 7.90. The molecule has 1 aromatic carbocycles. The summed E-state index contributed by atoms with van der Waals surface area (Å²) in [5.41, 5.74) is 1.09. The van der Waals surface area contributed by atoms with Gasteiger partial charge in [-0.15, -0.1) is 0 Å². The van der Waals surface area contributed by atoms with Gasteiger partial charge < -0.3 is 20.1 Å². The van der Waals surface area contributed by atoms with Gasteiger partial charge in [-0.05, 0) is 31.5 Å². The number of amides is 1. The molecule has 0 saturated heterocycles. The quantitative estimate of drug-likeness (QED) is 0.757. The minimum absolute atomic E-state index is 0.0152. The molecular weight excluding hydrogens is 256 g/mol. The Balaban J connectivity index is 2.42. The first-order chi connectivity index (χ1) is 9.56. The number of hydrogen-bond donors (Lipinski definition) is 2. The molecule has 0 fully saturated rings. The lowest BCUT2D eigenvalue weighted by molar-refractivity contribution is -0.121. The fourth-order valence-electron chi connectivity index (χ4n) is 1.89. The Bertz CT molecular complexity index is 423. The number of benzene rings is 1. The van der Waals surface area contributed by atoms with Crippen LogP contribution in [0.5, 0.6) is 5.75 Å². The molecular formula is C15H24N2O3. The van der Waals surface area contributed by atoms with E-state index in [4.69, 9.17) is 9.47 Å². The number of hydrogen-bond acceptors (Lipinski definition) is 4. The third-order valence-electron chi connectivity index (χ3n) is 2.99. The van der Waals surface area contributed by atoms with Crippen LogP contribution in [0.4, 0.5) is 0 Å². The van der Waals surface area contributed by atoms with Crippen LogP contribution in [0, 0.1) is 0 Å². The van der Waals surface area contributed by atoms with Crippen LogP contribution < -0.4 is 15.4 Å². The van der Waals surface area contributed by atoms with E-state index in [0.717, 1.165) is 11.3 Å². The fourth-order valence-corrected chi connectivity index (χ4v) is 1.89. The summed E-state index contributed by atoms with van der Waals surface area (Å²) in [5, 5.41) is 6.05. The molecule has 112 valence electrons. The smallest absolute Gasteiger partial charge is 0.234 e. The van der Waals surface area contributed by atoms with Gasteiger partial charge in [-0.25, -0.2) is 0 Å². The summed E-state index contributed by atoms with van der Waals surface area (Å²) in [4.78, 5) is 11.7. The summed E-state index contributed by atoms with van der Waals surface area (Å²) >= 11 is 0. The van der Waals surface area contributed by atoms with Gasteiger partial charge in [0, 0.05) is 19.2 Å². The van der Waals surface area contributed by atoms with Crippen LogP contribution in [0.1, 0.15) is 25.5 Å². The van der Waals surface area contributed by atoms with E-state index in [9.17, 15) is 4.79 Å². The first kappa shape index (κ1) is 16.5. The zero-order valence-electron chi connectivity index (χ0n) is 12.6. The molecule has 0 aliphatic rings. The number of methoxy groups -OCH3 is 2. The Kier molecular flexibility index (Phi) is 7.04. The van der Waals surface area contributed by atoms with Gasteiger partial charge in [0.2, 0.25) is 5.91 Å². The fraction of sp³-hybridized carbons (Fsp3) is 0.533. The van der Waals surface area contributed by atoms with Crippen molar-refractivity contribution in [2.24, 2.45) is 0 Å². The van der Waals surface area contributed by atoms with Crippen molar-refractivity contribution in [3.8, 4) is 5.75 Å². The molecule has 0 saturated carbocycles. The molecule has 1 aromatic rings. The molecule has 0 radical (unpaired) electrons. The number of ether oxygens (including phenoxy) is 2. The van der Waals surface area contributed by atoms with Crippen LogP contribution in [0.2, 0.25) is 0 Å². The lowest BCUT2D eigenvalue weighted by Crippen LogP contribution is -2.41. The highest BCUT2D eigenvalue weighted by molar-refractivity contribution is 5.78. The van der Waals surface area contributed by atoms with E-state index < -0.39 is 0 Å².